The molecule has 0 bridgehead atoms. The van der Waals surface area contributed by atoms with E-state index in [1.807, 2.05) is 60.7 Å². The Bertz CT molecular complexity index is 1260. The van der Waals surface area contributed by atoms with Gasteiger partial charge in [0.2, 0.25) is 0 Å². The number of nitriles is 1. The molecule has 0 aliphatic heterocycles. The van der Waals surface area contributed by atoms with Crippen molar-refractivity contribution in [2.45, 2.75) is 26.9 Å². The molecule has 2 N–H and O–H groups in total. The van der Waals surface area contributed by atoms with Crippen molar-refractivity contribution in [2.24, 2.45) is 5.92 Å². The van der Waals surface area contributed by atoms with Gasteiger partial charge in [-0.25, -0.2) is 4.98 Å². The molecule has 4 aromatic rings. The van der Waals surface area contributed by atoms with E-state index in [1.54, 1.807) is 0 Å². The van der Waals surface area contributed by atoms with Crippen molar-refractivity contribution in [3.8, 4) is 34.2 Å². The summed E-state index contributed by atoms with van der Waals surface area (Å²) in [7, 11) is 0. The van der Waals surface area contributed by atoms with Crippen molar-refractivity contribution < 1.29 is 4.74 Å². The first-order chi connectivity index (χ1) is 16.0. The smallest absolute Gasteiger partial charge is 0.142 e. The Labute approximate surface area is 195 Å². The van der Waals surface area contributed by atoms with Crippen LogP contribution in [0, 0.1) is 17.2 Å². The molecular weight excluding hydrogens is 406 g/mol. The average molecular weight is 434 g/mol. The van der Waals surface area contributed by atoms with Gasteiger partial charge in [-0.15, -0.1) is 0 Å². The molecule has 0 radical (unpaired) electrons. The first kappa shape index (κ1) is 22.1. The number of anilines is 1. The van der Waals surface area contributed by atoms with Gasteiger partial charge in [0.05, 0.1) is 5.69 Å². The molecule has 4 rings (SSSR count). The zero-order valence-electron chi connectivity index (χ0n) is 19.0. The van der Waals surface area contributed by atoms with Crippen molar-refractivity contribution in [3.63, 3.8) is 0 Å². The first-order valence-corrected chi connectivity index (χ1v) is 11.1. The number of hydrogen-bond donors (Lipinski definition) is 1. The van der Waals surface area contributed by atoms with Crippen LogP contribution < -0.4 is 10.5 Å². The number of aromatic nitrogens is 1. The highest BCUT2D eigenvalue weighted by Crippen LogP contribution is 2.32. The topological polar surface area (TPSA) is 71.9 Å². The van der Waals surface area contributed by atoms with Gasteiger partial charge in [-0.3, -0.25) is 0 Å². The van der Waals surface area contributed by atoms with Crippen LogP contribution >= 0.6 is 0 Å². The molecule has 0 aliphatic rings. The van der Waals surface area contributed by atoms with E-state index < -0.39 is 0 Å². The van der Waals surface area contributed by atoms with Crippen molar-refractivity contribution in [1.29, 1.82) is 5.26 Å². The maximum Gasteiger partial charge on any atom is 0.142 e. The third-order valence-corrected chi connectivity index (χ3v) is 5.47. The number of hydrogen-bond acceptors (Lipinski definition) is 4. The summed E-state index contributed by atoms with van der Waals surface area (Å²) in [5.74, 6) is 1.61. The molecule has 0 unspecified atom stereocenters. The number of ether oxygens (including phenoxy) is 1. The van der Waals surface area contributed by atoms with E-state index in [4.69, 9.17) is 10.5 Å². The number of pyridine rings is 1. The zero-order chi connectivity index (χ0) is 23.2. The van der Waals surface area contributed by atoms with Crippen LogP contribution in [-0.4, -0.2) is 4.98 Å². The van der Waals surface area contributed by atoms with Crippen molar-refractivity contribution in [1.82, 2.24) is 4.98 Å². The van der Waals surface area contributed by atoms with Crippen molar-refractivity contribution >= 4 is 5.82 Å². The lowest BCUT2D eigenvalue weighted by Crippen LogP contribution is -2.00. The normalized spacial score (nSPS) is 10.7. The second-order valence-corrected chi connectivity index (χ2v) is 8.52. The molecule has 3 aromatic carbocycles. The number of nitrogens with zero attached hydrogens (tertiary/aromatic N) is 2. The molecule has 0 atom stereocenters. The number of benzene rings is 3. The maximum absolute atomic E-state index is 9.71. The van der Waals surface area contributed by atoms with Gasteiger partial charge in [0.25, 0.3) is 0 Å². The third-order valence-electron chi connectivity index (χ3n) is 5.47. The van der Waals surface area contributed by atoms with Gasteiger partial charge in [0, 0.05) is 11.1 Å². The fourth-order valence-electron chi connectivity index (χ4n) is 3.81. The highest BCUT2D eigenvalue weighted by Gasteiger charge is 2.14. The lowest BCUT2D eigenvalue weighted by Gasteiger charge is -2.12. The molecule has 33 heavy (non-hydrogen) atoms. The Morgan fingerprint density at radius 3 is 2.18 bits per heavy atom. The highest BCUT2D eigenvalue weighted by molar-refractivity contribution is 5.80. The molecular formula is C29H27N3O. The monoisotopic (exact) mass is 433 g/mol. The quantitative estimate of drug-likeness (QED) is 0.354. The summed E-state index contributed by atoms with van der Waals surface area (Å²) in [6.07, 6.45) is 1.03. The van der Waals surface area contributed by atoms with E-state index in [1.165, 1.54) is 5.56 Å². The second kappa shape index (κ2) is 10.0. The Morgan fingerprint density at radius 1 is 0.879 bits per heavy atom. The molecule has 0 spiro atoms. The maximum atomic E-state index is 9.71. The van der Waals surface area contributed by atoms with Crippen LogP contribution in [0.2, 0.25) is 0 Å². The van der Waals surface area contributed by atoms with Crippen LogP contribution in [0.3, 0.4) is 0 Å². The predicted molar refractivity (Wildman–Crippen MR) is 134 cm³/mol. The zero-order valence-corrected chi connectivity index (χ0v) is 19.0. The second-order valence-electron chi connectivity index (χ2n) is 8.52. The highest BCUT2D eigenvalue weighted by atomic mass is 16.5. The summed E-state index contributed by atoms with van der Waals surface area (Å²) >= 11 is 0. The summed E-state index contributed by atoms with van der Waals surface area (Å²) in [5, 5.41) is 9.71. The van der Waals surface area contributed by atoms with E-state index in [2.05, 4.69) is 49.2 Å². The molecule has 0 fully saturated rings. The van der Waals surface area contributed by atoms with Crippen LogP contribution in [0.15, 0.2) is 84.9 Å². The molecule has 0 saturated heterocycles. The minimum absolute atomic E-state index is 0.237. The standard InChI is InChI=1S/C29H27N3O/c1-20(2)16-21-8-10-24(11-9-21)28-17-26(27(18-30)29(31)32-28)23-12-14-25(15-13-23)33-19-22-6-4-3-5-7-22/h3-15,17,20H,16,19H2,1-2H3,(H2,31,32). The van der Waals surface area contributed by atoms with Crippen LogP contribution in [-0.2, 0) is 13.0 Å². The van der Waals surface area contributed by atoms with Crippen molar-refractivity contribution in [3.05, 3.63) is 102 Å². The molecule has 0 aliphatic carbocycles. The molecule has 4 nitrogen and oxygen atoms in total. The van der Waals surface area contributed by atoms with Crippen LogP contribution in [0.5, 0.6) is 5.75 Å². The summed E-state index contributed by atoms with van der Waals surface area (Å²) in [4.78, 5) is 4.50. The lowest BCUT2D eigenvalue weighted by molar-refractivity contribution is 0.306. The summed E-state index contributed by atoms with van der Waals surface area (Å²) in [6, 6.07) is 30.3. The fraction of sp³-hybridized carbons (Fsp3) is 0.172. The summed E-state index contributed by atoms with van der Waals surface area (Å²) in [5.41, 5.74) is 12.4. The largest absolute Gasteiger partial charge is 0.489 e. The van der Waals surface area contributed by atoms with Crippen LogP contribution in [0.1, 0.15) is 30.5 Å². The van der Waals surface area contributed by atoms with Gasteiger partial charge >= 0.3 is 0 Å². The van der Waals surface area contributed by atoms with Crippen LogP contribution in [0.25, 0.3) is 22.4 Å². The fourth-order valence-corrected chi connectivity index (χ4v) is 3.81. The van der Waals surface area contributed by atoms with E-state index in [0.717, 1.165) is 40.1 Å². The van der Waals surface area contributed by atoms with E-state index in [9.17, 15) is 5.26 Å². The Balaban J connectivity index is 1.60. The Kier molecular flexibility index (Phi) is 6.71. The van der Waals surface area contributed by atoms with Gasteiger partial charge in [0.1, 0.15) is 29.8 Å². The minimum Gasteiger partial charge on any atom is -0.489 e. The van der Waals surface area contributed by atoms with Crippen molar-refractivity contribution in [2.75, 3.05) is 5.73 Å². The Morgan fingerprint density at radius 2 is 1.55 bits per heavy atom. The molecule has 0 saturated carbocycles. The summed E-state index contributed by atoms with van der Waals surface area (Å²) < 4.78 is 5.89. The minimum atomic E-state index is 0.237. The summed E-state index contributed by atoms with van der Waals surface area (Å²) in [6.45, 7) is 4.92. The predicted octanol–water partition coefficient (Wildman–Crippen LogP) is 6.65. The van der Waals surface area contributed by atoms with Gasteiger partial charge in [-0.1, -0.05) is 80.6 Å². The van der Waals surface area contributed by atoms with E-state index in [0.29, 0.717) is 18.1 Å². The number of nitrogens with two attached hydrogens (primary N) is 1. The first-order valence-electron chi connectivity index (χ1n) is 11.1. The van der Waals surface area contributed by atoms with Gasteiger partial charge < -0.3 is 10.5 Å². The molecule has 4 heteroatoms. The lowest BCUT2D eigenvalue weighted by atomic mass is 9.97. The third kappa shape index (κ3) is 5.39. The molecule has 1 heterocycles. The van der Waals surface area contributed by atoms with Gasteiger partial charge in [-0.2, -0.15) is 5.26 Å². The molecule has 164 valence electrons. The molecule has 0 amide bonds. The van der Waals surface area contributed by atoms with Crippen LogP contribution in [0.4, 0.5) is 5.82 Å². The van der Waals surface area contributed by atoms with Gasteiger partial charge in [0.15, 0.2) is 0 Å². The van der Waals surface area contributed by atoms with E-state index in [-0.39, 0.29) is 5.82 Å². The van der Waals surface area contributed by atoms with E-state index >= 15 is 0 Å². The molecule has 1 aromatic heterocycles. The number of rotatable bonds is 7. The average Bonchev–Trinajstić information content (AvgIpc) is 2.83. The Hall–Kier alpha value is -4.10. The SMILES string of the molecule is CC(C)Cc1ccc(-c2cc(-c3ccc(OCc4ccccc4)cc3)c(C#N)c(N)n2)cc1. The number of nitrogen functional groups attached to an aromatic ring is 1. The van der Waals surface area contributed by atoms with Gasteiger partial charge in [-0.05, 0) is 47.2 Å².